The van der Waals surface area contributed by atoms with E-state index in [9.17, 15) is 9.59 Å². The number of nitrogens with zero attached hydrogens (tertiary/aromatic N) is 2. The molecule has 3 rings (SSSR count). The first-order valence-corrected chi connectivity index (χ1v) is 6.30. The first-order valence-electron chi connectivity index (χ1n) is 6.30. The maximum Gasteiger partial charge on any atom is 0.251 e. The third-order valence-electron chi connectivity index (χ3n) is 3.18. The summed E-state index contributed by atoms with van der Waals surface area (Å²) in [6.45, 7) is 0.392. The summed E-state index contributed by atoms with van der Waals surface area (Å²) in [7, 11) is 0. The SMILES string of the molecule is O=C1CC(NCc2ccon2)C(=O)N1c1ccccc1. The minimum absolute atomic E-state index is 0.158. The molecule has 6 nitrogen and oxygen atoms in total. The van der Waals surface area contributed by atoms with Gasteiger partial charge in [-0.15, -0.1) is 0 Å². The molecule has 102 valence electrons. The molecule has 2 amide bonds. The second-order valence-corrected chi connectivity index (χ2v) is 4.53. The minimum Gasteiger partial charge on any atom is -0.364 e. The average molecular weight is 271 g/mol. The van der Waals surface area contributed by atoms with E-state index in [4.69, 9.17) is 4.52 Å². The first kappa shape index (κ1) is 12.6. The van der Waals surface area contributed by atoms with Crippen molar-refractivity contribution in [2.45, 2.75) is 19.0 Å². The molecule has 1 aromatic heterocycles. The number of nitrogens with one attached hydrogen (secondary N) is 1. The summed E-state index contributed by atoms with van der Waals surface area (Å²) >= 11 is 0. The smallest absolute Gasteiger partial charge is 0.251 e. The summed E-state index contributed by atoms with van der Waals surface area (Å²) in [6.07, 6.45) is 1.63. The normalized spacial score (nSPS) is 18.8. The molecule has 0 spiro atoms. The molecule has 0 bridgehead atoms. The highest BCUT2D eigenvalue weighted by molar-refractivity contribution is 6.22. The van der Waals surface area contributed by atoms with E-state index in [-0.39, 0.29) is 18.2 Å². The molecule has 6 heteroatoms. The molecule has 2 aromatic rings. The van der Waals surface area contributed by atoms with E-state index in [0.29, 0.717) is 17.9 Å². The summed E-state index contributed by atoms with van der Waals surface area (Å²) in [4.78, 5) is 25.5. The highest BCUT2D eigenvalue weighted by Crippen LogP contribution is 2.22. The summed E-state index contributed by atoms with van der Waals surface area (Å²) in [5, 5.41) is 6.78. The van der Waals surface area contributed by atoms with Crippen LogP contribution in [0.15, 0.2) is 47.2 Å². The van der Waals surface area contributed by atoms with Crippen molar-refractivity contribution in [3.05, 3.63) is 48.4 Å². The Balaban J connectivity index is 1.70. The molecule has 1 N–H and O–H groups in total. The van der Waals surface area contributed by atoms with Crippen molar-refractivity contribution in [3.8, 4) is 0 Å². The molecule has 1 atom stereocenters. The van der Waals surface area contributed by atoms with Crippen molar-refractivity contribution in [1.82, 2.24) is 10.5 Å². The van der Waals surface area contributed by atoms with Crippen LogP contribution >= 0.6 is 0 Å². The number of hydrogen-bond donors (Lipinski definition) is 1. The van der Waals surface area contributed by atoms with Crippen LogP contribution in [-0.2, 0) is 16.1 Å². The number of anilines is 1. The number of rotatable bonds is 4. The maximum atomic E-state index is 12.3. The number of para-hydroxylation sites is 1. The van der Waals surface area contributed by atoms with Crippen LogP contribution < -0.4 is 10.2 Å². The van der Waals surface area contributed by atoms with Crippen molar-refractivity contribution < 1.29 is 14.1 Å². The van der Waals surface area contributed by atoms with Crippen LogP contribution in [0, 0.1) is 0 Å². The Bertz CT molecular complexity index is 610. The van der Waals surface area contributed by atoms with E-state index < -0.39 is 6.04 Å². The monoisotopic (exact) mass is 271 g/mol. The van der Waals surface area contributed by atoms with E-state index in [1.165, 1.54) is 11.2 Å². The molecular weight excluding hydrogens is 258 g/mol. The third kappa shape index (κ3) is 2.33. The fourth-order valence-electron chi connectivity index (χ4n) is 2.20. The highest BCUT2D eigenvalue weighted by Gasteiger charge is 2.39. The molecule has 1 fully saturated rings. The zero-order valence-electron chi connectivity index (χ0n) is 10.7. The lowest BCUT2D eigenvalue weighted by Gasteiger charge is -2.15. The Morgan fingerprint density at radius 2 is 2.05 bits per heavy atom. The number of hydrogen-bond acceptors (Lipinski definition) is 5. The van der Waals surface area contributed by atoms with Gasteiger partial charge in [-0.05, 0) is 12.1 Å². The third-order valence-corrected chi connectivity index (χ3v) is 3.18. The van der Waals surface area contributed by atoms with Gasteiger partial charge < -0.3 is 4.52 Å². The van der Waals surface area contributed by atoms with Crippen molar-refractivity contribution in [2.75, 3.05) is 4.90 Å². The second kappa shape index (κ2) is 5.26. The van der Waals surface area contributed by atoms with E-state index in [1.54, 1.807) is 30.3 Å². The molecule has 1 unspecified atom stereocenters. The topological polar surface area (TPSA) is 75.4 Å². The predicted octanol–water partition coefficient (Wildman–Crippen LogP) is 1.10. The Labute approximate surface area is 115 Å². The van der Waals surface area contributed by atoms with Gasteiger partial charge in [-0.25, -0.2) is 4.90 Å². The maximum absolute atomic E-state index is 12.3. The van der Waals surface area contributed by atoms with Gasteiger partial charge in [-0.1, -0.05) is 23.4 Å². The van der Waals surface area contributed by atoms with Crippen molar-refractivity contribution in [1.29, 1.82) is 0 Å². The van der Waals surface area contributed by atoms with Crippen molar-refractivity contribution in [2.24, 2.45) is 0 Å². The van der Waals surface area contributed by atoms with Gasteiger partial charge in [0.15, 0.2) is 0 Å². The quantitative estimate of drug-likeness (QED) is 0.843. The Hall–Kier alpha value is -2.47. The van der Waals surface area contributed by atoms with Crippen LogP contribution in [0.1, 0.15) is 12.1 Å². The Morgan fingerprint density at radius 3 is 2.75 bits per heavy atom. The molecular formula is C14H13N3O3. The Kier molecular flexibility index (Phi) is 3.30. The number of benzene rings is 1. The molecule has 1 aliphatic heterocycles. The van der Waals surface area contributed by atoms with Crippen LogP contribution in [0.3, 0.4) is 0 Å². The lowest BCUT2D eigenvalue weighted by molar-refractivity contribution is -0.121. The van der Waals surface area contributed by atoms with Gasteiger partial charge in [0.1, 0.15) is 6.26 Å². The van der Waals surface area contributed by atoms with Gasteiger partial charge in [0.05, 0.1) is 23.8 Å². The highest BCUT2D eigenvalue weighted by atomic mass is 16.5. The fourth-order valence-corrected chi connectivity index (χ4v) is 2.20. The van der Waals surface area contributed by atoms with Gasteiger partial charge in [-0.3, -0.25) is 14.9 Å². The molecule has 1 saturated heterocycles. The van der Waals surface area contributed by atoms with Crippen LogP contribution in [0.4, 0.5) is 5.69 Å². The summed E-state index contributed by atoms with van der Waals surface area (Å²) < 4.78 is 4.72. The van der Waals surface area contributed by atoms with E-state index >= 15 is 0 Å². The van der Waals surface area contributed by atoms with E-state index in [1.807, 2.05) is 6.07 Å². The largest absolute Gasteiger partial charge is 0.364 e. The van der Waals surface area contributed by atoms with Gasteiger partial charge in [0.2, 0.25) is 5.91 Å². The van der Waals surface area contributed by atoms with Gasteiger partial charge in [-0.2, -0.15) is 0 Å². The summed E-state index contributed by atoms with van der Waals surface area (Å²) in [6, 6.07) is 10.1. The number of imide groups is 1. The molecule has 2 heterocycles. The zero-order chi connectivity index (χ0) is 13.9. The molecule has 1 aliphatic rings. The van der Waals surface area contributed by atoms with Gasteiger partial charge >= 0.3 is 0 Å². The molecule has 0 saturated carbocycles. The standard InChI is InChI=1S/C14H13N3O3/c18-13-8-12(15-9-10-6-7-20-16-10)14(19)17(13)11-4-2-1-3-5-11/h1-7,12,15H,8-9H2. The van der Waals surface area contributed by atoms with E-state index in [0.717, 1.165) is 0 Å². The Morgan fingerprint density at radius 1 is 1.25 bits per heavy atom. The number of amides is 2. The lowest BCUT2D eigenvalue weighted by atomic mass is 10.2. The molecule has 0 radical (unpaired) electrons. The van der Waals surface area contributed by atoms with Crippen LogP contribution in [0.25, 0.3) is 0 Å². The van der Waals surface area contributed by atoms with Crippen molar-refractivity contribution in [3.63, 3.8) is 0 Å². The summed E-state index contributed by atoms with van der Waals surface area (Å²) in [5.41, 5.74) is 1.30. The fraction of sp³-hybridized carbons (Fsp3) is 0.214. The van der Waals surface area contributed by atoms with Gasteiger partial charge in [0, 0.05) is 12.6 Å². The summed E-state index contributed by atoms with van der Waals surface area (Å²) in [5.74, 6) is -0.427. The number of carbonyl (C=O) groups excluding carboxylic acids is 2. The molecule has 1 aromatic carbocycles. The number of carbonyl (C=O) groups is 2. The minimum atomic E-state index is -0.514. The van der Waals surface area contributed by atoms with Crippen LogP contribution in [0.2, 0.25) is 0 Å². The average Bonchev–Trinajstić information content (AvgIpc) is 3.06. The molecule has 0 aliphatic carbocycles. The van der Waals surface area contributed by atoms with Crippen LogP contribution in [0.5, 0.6) is 0 Å². The molecule has 20 heavy (non-hydrogen) atoms. The second-order valence-electron chi connectivity index (χ2n) is 4.53. The van der Waals surface area contributed by atoms with Gasteiger partial charge in [0.25, 0.3) is 5.91 Å². The number of aromatic nitrogens is 1. The zero-order valence-corrected chi connectivity index (χ0v) is 10.7. The predicted molar refractivity (Wildman–Crippen MR) is 70.7 cm³/mol. The first-order chi connectivity index (χ1) is 9.75. The van der Waals surface area contributed by atoms with Crippen LogP contribution in [-0.4, -0.2) is 23.0 Å². The lowest BCUT2D eigenvalue weighted by Crippen LogP contribution is -2.38. The van der Waals surface area contributed by atoms with Crippen molar-refractivity contribution >= 4 is 17.5 Å². The van der Waals surface area contributed by atoms with E-state index in [2.05, 4.69) is 10.5 Å².